The summed E-state index contributed by atoms with van der Waals surface area (Å²) in [5, 5.41) is 12.7. The molecule has 0 spiro atoms. The second-order valence-electron chi connectivity index (χ2n) is 4.43. The number of rotatable bonds is 6. The minimum absolute atomic E-state index is 0.113. The first-order valence-electron chi connectivity index (χ1n) is 6.40. The highest BCUT2D eigenvalue weighted by atomic mass is 35.5. The van der Waals surface area contributed by atoms with Crippen LogP contribution in [0.1, 0.15) is 22.6 Å². The summed E-state index contributed by atoms with van der Waals surface area (Å²) in [6.45, 7) is 0.113. The Bertz CT molecular complexity index is 588. The van der Waals surface area contributed by atoms with Crippen LogP contribution in [-0.4, -0.2) is 24.7 Å². The van der Waals surface area contributed by atoms with Gasteiger partial charge in [0.2, 0.25) is 0 Å². The van der Waals surface area contributed by atoms with Gasteiger partial charge < -0.3 is 15.2 Å². The third-order valence-corrected chi connectivity index (χ3v) is 4.30. The van der Waals surface area contributed by atoms with E-state index in [1.165, 1.54) is 18.4 Å². The number of hydrogen-bond acceptors (Lipinski definition) is 4. The van der Waals surface area contributed by atoms with Crippen LogP contribution in [0.2, 0.25) is 4.34 Å². The minimum atomic E-state index is -0.778. The molecule has 6 heteroatoms. The number of carbonyl (C=O) groups is 1. The summed E-state index contributed by atoms with van der Waals surface area (Å²) in [6, 6.07) is 12.7. The molecule has 1 aromatic carbocycles. The Hall–Kier alpha value is -1.40. The number of amides is 1. The minimum Gasteiger partial charge on any atom is -0.386 e. The maximum absolute atomic E-state index is 12.1. The van der Waals surface area contributed by atoms with Gasteiger partial charge in [0.25, 0.3) is 5.91 Å². The molecule has 1 amide bonds. The summed E-state index contributed by atoms with van der Waals surface area (Å²) in [5.41, 5.74) is 0.770. The third kappa shape index (κ3) is 4.28. The fraction of sp³-hybridized carbons (Fsp3) is 0.267. The summed E-state index contributed by atoms with van der Waals surface area (Å²) >= 11 is 7.11. The standard InChI is InChI=1S/C15H16ClNO3S/c1-20-14(10-5-3-2-4-6-10)15(19)17-9-11(18)12-7-8-13(16)21-12/h2-8,11,14,18H,9H2,1H3,(H,17,19)/t11-,14+/m0/s1. The monoisotopic (exact) mass is 325 g/mol. The molecule has 0 bridgehead atoms. The third-order valence-electron chi connectivity index (χ3n) is 2.97. The molecule has 0 radical (unpaired) electrons. The van der Waals surface area contributed by atoms with Crippen molar-refractivity contribution in [2.24, 2.45) is 0 Å². The highest BCUT2D eigenvalue weighted by molar-refractivity contribution is 7.16. The predicted molar refractivity (Wildman–Crippen MR) is 83.5 cm³/mol. The van der Waals surface area contributed by atoms with E-state index in [2.05, 4.69) is 5.32 Å². The van der Waals surface area contributed by atoms with E-state index in [-0.39, 0.29) is 12.5 Å². The number of thiophene rings is 1. The molecule has 0 aliphatic rings. The molecule has 0 saturated heterocycles. The Morgan fingerprint density at radius 3 is 2.62 bits per heavy atom. The molecule has 1 heterocycles. The molecule has 0 aliphatic heterocycles. The van der Waals surface area contributed by atoms with Gasteiger partial charge in [-0.1, -0.05) is 41.9 Å². The number of halogens is 1. The van der Waals surface area contributed by atoms with Crippen molar-refractivity contribution in [3.63, 3.8) is 0 Å². The number of nitrogens with one attached hydrogen (secondary N) is 1. The van der Waals surface area contributed by atoms with E-state index in [9.17, 15) is 9.90 Å². The van der Waals surface area contributed by atoms with Crippen LogP contribution in [0, 0.1) is 0 Å². The van der Waals surface area contributed by atoms with Gasteiger partial charge in [0.15, 0.2) is 6.10 Å². The predicted octanol–water partition coefficient (Wildman–Crippen LogP) is 2.94. The second-order valence-corrected chi connectivity index (χ2v) is 6.18. The van der Waals surface area contributed by atoms with Gasteiger partial charge in [0, 0.05) is 18.5 Å². The van der Waals surface area contributed by atoms with Crippen LogP contribution in [0.3, 0.4) is 0 Å². The summed E-state index contributed by atoms with van der Waals surface area (Å²) in [5.74, 6) is -0.287. The van der Waals surface area contributed by atoms with Crippen LogP contribution in [0.5, 0.6) is 0 Å². The van der Waals surface area contributed by atoms with Crippen LogP contribution < -0.4 is 5.32 Å². The van der Waals surface area contributed by atoms with Gasteiger partial charge in [0.1, 0.15) is 6.10 Å². The average Bonchev–Trinajstić information content (AvgIpc) is 2.93. The first-order valence-corrected chi connectivity index (χ1v) is 7.60. The molecule has 2 rings (SSSR count). The molecule has 2 aromatic rings. The first kappa shape index (κ1) is 16.0. The van der Waals surface area contributed by atoms with Crippen molar-refractivity contribution >= 4 is 28.8 Å². The van der Waals surface area contributed by atoms with Crippen molar-refractivity contribution in [2.45, 2.75) is 12.2 Å². The van der Waals surface area contributed by atoms with E-state index in [0.717, 1.165) is 5.56 Å². The summed E-state index contributed by atoms with van der Waals surface area (Å²) in [6.07, 6.45) is -1.47. The topological polar surface area (TPSA) is 58.6 Å². The van der Waals surface area contributed by atoms with Crippen LogP contribution in [0.25, 0.3) is 0 Å². The molecule has 0 fully saturated rings. The molecule has 21 heavy (non-hydrogen) atoms. The van der Waals surface area contributed by atoms with E-state index in [0.29, 0.717) is 9.21 Å². The Balaban J connectivity index is 1.94. The lowest BCUT2D eigenvalue weighted by Gasteiger charge is -2.17. The van der Waals surface area contributed by atoms with Gasteiger partial charge in [-0.05, 0) is 17.7 Å². The number of benzene rings is 1. The molecule has 1 aromatic heterocycles. The van der Waals surface area contributed by atoms with Crippen molar-refractivity contribution in [2.75, 3.05) is 13.7 Å². The Labute approximate surface area is 132 Å². The highest BCUT2D eigenvalue weighted by Gasteiger charge is 2.21. The van der Waals surface area contributed by atoms with Gasteiger partial charge in [0.05, 0.1) is 4.34 Å². The lowest BCUT2D eigenvalue weighted by Crippen LogP contribution is -2.33. The summed E-state index contributed by atoms with van der Waals surface area (Å²) in [4.78, 5) is 12.9. The number of aliphatic hydroxyl groups is 1. The van der Waals surface area contributed by atoms with Crippen molar-refractivity contribution in [3.05, 3.63) is 57.2 Å². The maximum Gasteiger partial charge on any atom is 0.253 e. The normalized spacial score (nSPS) is 13.7. The Morgan fingerprint density at radius 2 is 2.05 bits per heavy atom. The molecular weight excluding hydrogens is 310 g/mol. The van der Waals surface area contributed by atoms with Crippen molar-refractivity contribution in [1.29, 1.82) is 0 Å². The molecule has 0 aliphatic carbocycles. The van der Waals surface area contributed by atoms with E-state index < -0.39 is 12.2 Å². The van der Waals surface area contributed by atoms with Gasteiger partial charge in [-0.15, -0.1) is 11.3 Å². The molecular formula is C15H16ClNO3S. The largest absolute Gasteiger partial charge is 0.386 e. The Kier molecular flexibility index (Phi) is 5.76. The number of methoxy groups -OCH3 is 1. The maximum atomic E-state index is 12.1. The average molecular weight is 326 g/mol. The first-order chi connectivity index (χ1) is 10.1. The molecule has 4 nitrogen and oxygen atoms in total. The van der Waals surface area contributed by atoms with E-state index >= 15 is 0 Å². The van der Waals surface area contributed by atoms with Crippen LogP contribution >= 0.6 is 22.9 Å². The molecule has 112 valence electrons. The Morgan fingerprint density at radius 1 is 1.33 bits per heavy atom. The van der Waals surface area contributed by atoms with E-state index in [1.54, 1.807) is 12.1 Å². The van der Waals surface area contributed by atoms with Crippen molar-refractivity contribution in [3.8, 4) is 0 Å². The zero-order valence-corrected chi connectivity index (χ0v) is 13.0. The number of hydrogen-bond donors (Lipinski definition) is 2. The quantitative estimate of drug-likeness (QED) is 0.858. The van der Waals surface area contributed by atoms with Gasteiger partial charge in [-0.25, -0.2) is 0 Å². The van der Waals surface area contributed by atoms with Crippen LogP contribution in [-0.2, 0) is 9.53 Å². The van der Waals surface area contributed by atoms with Gasteiger partial charge in [-0.2, -0.15) is 0 Å². The lowest BCUT2D eigenvalue weighted by molar-refractivity contribution is -0.131. The molecule has 0 saturated carbocycles. The van der Waals surface area contributed by atoms with Crippen molar-refractivity contribution < 1.29 is 14.6 Å². The SMILES string of the molecule is CO[C@@H](C(=O)NC[C@H](O)c1ccc(Cl)s1)c1ccccc1. The number of ether oxygens (including phenoxy) is 1. The van der Waals surface area contributed by atoms with Crippen LogP contribution in [0.15, 0.2) is 42.5 Å². The molecule has 0 unspecified atom stereocenters. The molecule has 2 N–H and O–H groups in total. The van der Waals surface area contributed by atoms with Gasteiger partial charge in [-0.3, -0.25) is 4.79 Å². The van der Waals surface area contributed by atoms with E-state index in [1.807, 2.05) is 30.3 Å². The zero-order chi connectivity index (χ0) is 15.2. The highest BCUT2D eigenvalue weighted by Crippen LogP contribution is 2.26. The second kappa shape index (κ2) is 7.56. The molecule has 2 atom stereocenters. The number of carbonyl (C=O) groups excluding carboxylic acids is 1. The fourth-order valence-corrected chi connectivity index (χ4v) is 2.97. The van der Waals surface area contributed by atoms with Gasteiger partial charge >= 0.3 is 0 Å². The number of aliphatic hydroxyl groups excluding tert-OH is 1. The smallest absolute Gasteiger partial charge is 0.253 e. The summed E-state index contributed by atoms with van der Waals surface area (Å²) in [7, 11) is 1.48. The summed E-state index contributed by atoms with van der Waals surface area (Å²) < 4.78 is 5.83. The fourth-order valence-electron chi connectivity index (χ4n) is 1.92. The van der Waals surface area contributed by atoms with Crippen molar-refractivity contribution in [1.82, 2.24) is 5.32 Å². The van der Waals surface area contributed by atoms with Crippen LogP contribution in [0.4, 0.5) is 0 Å². The lowest BCUT2D eigenvalue weighted by atomic mass is 10.1. The zero-order valence-electron chi connectivity index (χ0n) is 11.5. The van der Waals surface area contributed by atoms with E-state index in [4.69, 9.17) is 16.3 Å².